The Labute approximate surface area is 514 Å². The zero-order chi connectivity index (χ0) is 58.4. The van der Waals surface area contributed by atoms with Crippen molar-refractivity contribution in [2.75, 3.05) is 0 Å². The molecule has 0 bridgehead atoms. The van der Waals surface area contributed by atoms with E-state index in [2.05, 4.69) is 101 Å². The maximum atomic E-state index is 5.52. The van der Waals surface area contributed by atoms with Crippen molar-refractivity contribution in [3.8, 4) is 0 Å². The highest BCUT2D eigenvalue weighted by atomic mass is 14.8. The molecule has 0 aliphatic rings. The number of allylic oxidation sites excluding steroid dienone is 4. The van der Waals surface area contributed by atoms with Crippen molar-refractivity contribution < 1.29 is 0 Å². The van der Waals surface area contributed by atoms with E-state index in [9.17, 15) is 0 Å². The predicted octanol–water partition coefficient (Wildman–Crippen LogP) is 28.7. The third-order valence-corrected chi connectivity index (χ3v) is 17.8. The van der Waals surface area contributed by atoms with Crippen LogP contribution in [0.5, 0.6) is 0 Å². The lowest BCUT2D eigenvalue weighted by Crippen LogP contribution is -2.14. The van der Waals surface area contributed by atoms with Crippen LogP contribution in [0.25, 0.3) is 0 Å². The number of rotatable bonds is 63. The number of aryl methyl sites for hydroxylation is 2. The van der Waals surface area contributed by atoms with Crippen molar-refractivity contribution in [2.45, 2.75) is 400 Å². The lowest BCUT2D eigenvalue weighted by molar-refractivity contribution is 0.519. The second-order valence-corrected chi connectivity index (χ2v) is 25.7. The molecule has 0 atom stereocenters. The Kier molecular flexibility index (Phi) is 56.4. The van der Waals surface area contributed by atoms with E-state index in [1.165, 1.54) is 331 Å². The molecule has 0 N–H and O–H groups in total. The highest BCUT2D eigenvalue weighted by molar-refractivity contribution is 6.43. The molecule has 0 aliphatic heterocycles. The highest BCUT2D eigenvalue weighted by Gasteiger charge is 2.13. The maximum absolute atomic E-state index is 5.52. The van der Waals surface area contributed by atoms with Crippen LogP contribution in [0.1, 0.15) is 398 Å². The minimum Gasteiger partial charge on any atom is -0.251 e. The maximum Gasteiger partial charge on any atom is 0.0665 e. The number of unbranched alkanes of at least 4 members (excludes halogenated alkanes) is 48. The van der Waals surface area contributed by atoms with Gasteiger partial charge in [0.2, 0.25) is 0 Å². The zero-order valence-corrected chi connectivity index (χ0v) is 55.8. The van der Waals surface area contributed by atoms with Crippen LogP contribution in [-0.2, 0) is 12.8 Å². The third kappa shape index (κ3) is 47.5. The molecule has 0 spiro atoms. The summed E-state index contributed by atoms with van der Waals surface area (Å²) in [6.07, 6.45) is 89.4. The van der Waals surface area contributed by atoms with Gasteiger partial charge in [0.25, 0.3) is 0 Å². The molecule has 2 rings (SSSR count). The molecule has 470 valence electrons. The second kappa shape index (κ2) is 61.4. The van der Waals surface area contributed by atoms with Crippen molar-refractivity contribution in [1.82, 2.24) is 0 Å². The largest absolute Gasteiger partial charge is 0.251 e. The first kappa shape index (κ1) is 75.4. The quantitative estimate of drug-likeness (QED) is 0.0358. The van der Waals surface area contributed by atoms with Gasteiger partial charge >= 0.3 is 0 Å². The van der Waals surface area contributed by atoms with Gasteiger partial charge in [0.15, 0.2) is 0 Å². The zero-order valence-electron chi connectivity index (χ0n) is 55.8. The average Bonchev–Trinajstić information content (AvgIpc) is 3.54. The molecule has 82 heavy (non-hydrogen) atoms. The van der Waals surface area contributed by atoms with Crippen molar-refractivity contribution in [1.29, 1.82) is 0 Å². The number of para-hydroxylation sites is 2. The van der Waals surface area contributed by atoms with E-state index < -0.39 is 0 Å². The van der Waals surface area contributed by atoms with Crippen LogP contribution < -0.4 is 0 Å². The minimum absolute atomic E-state index is 0.988. The number of nitrogens with zero attached hydrogens (tertiary/aromatic N) is 2. The van der Waals surface area contributed by atoms with Gasteiger partial charge in [0.05, 0.1) is 22.8 Å². The molecule has 0 aromatic heterocycles. The van der Waals surface area contributed by atoms with Gasteiger partial charge < -0.3 is 0 Å². The molecule has 2 nitrogen and oxygen atoms in total. The number of aliphatic imine (C=N–C) groups is 2. The van der Waals surface area contributed by atoms with Crippen molar-refractivity contribution in [2.24, 2.45) is 9.98 Å². The average molecular weight is 1130 g/mol. The first-order valence-corrected chi connectivity index (χ1v) is 37.3. The lowest BCUT2D eigenvalue weighted by atomic mass is 10.0. The molecule has 0 radical (unpaired) electrons. The summed E-state index contributed by atoms with van der Waals surface area (Å²) < 4.78 is 0. The topological polar surface area (TPSA) is 24.7 Å². The summed E-state index contributed by atoms with van der Waals surface area (Å²) in [5, 5.41) is 0. The standard InChI is InChI=1S/C80H140N2/c1-5-9-13-15-17-19-21-23-25-27-29-31-33-35-37-39-41-43-45-47-49-51-53-55-57-59-61-67-75-69-63-65-73-77(75)81-79(71-11-7-3)80(72-12-8-4)82-78-74-66-64-70-76(78)68-62-60-58-56-54-52-50-48-46-44-42-40-38-36-34-32-30-28-26-24-22-20-18-16-14-10-6-2/h55-58,63-66,69-70,73-74H,5-54,59-62,67-68,71-72H2,1-4H3. The van der Waals surface area contributed by atoms with Crippen LogP contribution in [0.15, 0.2) is 82.8 Å². The SMILES string of the molecule is CCCCCCCCCCCCCCCCCCCCCCCCC=CCCCc1ccccc1N=C(CCCC)C(CCCC)=Nc1ccccc1CCCC=CCCCCCCCCCCCCCCCCCCCCCCCC. The molecule has 0 saturated heterocycles. The Morgan fingerprint density at radius 3 is 0.695 bits per heavy atom. The third-order valence-electron chi connectivity index (χ3n) is 17.8. The van der Waals surface area contributed by atoms with Crippen molar-refractivity contribution in [3.63, 3.8) is 0 Å². The summed E-state index contributed by atoms with van der Waals surface area (Å²) >= 11 is 0. The van der Waals surface area contributed by atoms with Gasteiger partial charge in [-0.05, 0) is 113 Å². The molecule has 0 amide bonds. The summed E-state index contributed by atoms with van der Waals surface area (Å²) in [5.74, 6) is 0. The molecule has 2 heteroatoms. The molecule has 0 unspecified atom stereocenters. The van der Waals surface area contributed by atoms with Gasteiger partial charge in [-0.2, -0.15) is 0 Å². The first-order chi connectivity index (χ1) is 40.7. The number of hydrogen-bond acceptors (Lipinski definition) is 2. The Morgan fingerprint density at radius 2 is 0.451 bits per heavy atom. The fourth-order valence-corrected chi connectivity index (χ4v) is 12.2. The van der Waals surface area contributed by atoms with Gasteiger partial charge in [-0.1, -0.05) is 371 Å². The van der Waals surface area contributed by atoms with Gasteiger partial charge in [-0.3, -0.25) is 9.98 Å². The normalized spacial score (nSPS) is 12.3. The van der Waals surface area contributed by atoms with E-state index >= 15 is 0 Å². The fourth-order valence-electron chi connectivity index (χ4n) is 12.2. The lowest BCUT2D eigenvalue weighted by Gasteiger charge is -2.14. The Morgan fingerprint density at radius 1 is 0.244 bits per heavy atom. The summed E-state index contributed by atoms with van der Waals surface area (Å²) in [6, 6.07) is 17.9. The van der Waals surface area contributed by atoms with Crippen LogP contribution in [0.4, 0.5) is 11.4 Å². The fraction of sp³-hybridized carbons (Fsp3) is 0.775. The van der Waals surface area contributed by atoms with Gasteiger partial charge in [0.1, 0.15) is 0 Å². The minimum atomic E-state index is 0.988. The summed E-state index contributed by atoms with van der Waals surface area (Å²) in [5.41, 5.74) is 7.47. The van der Waals surface area contributed by atoms with E-state index in [1.54, 1.807) is 0 Å². The molecular formula is C80H140N2. The molecule has 0 fully saturated rings. The number of hydrogen-bond donors (Lipinski definition) is 0. The molecule has 2 aromatic rings. The smallest absolute Gasteiger partial charge is 0.0665 e. The molecule has 0 saturated carbocycles. The first-order valence-electron chi connectivity index (χ1n) is 37.3. The van der Waals surface area contributed by atoms with E-state index in [1.807, 2.05) is 0 Å². The van der Waals surface area contributed by atoms with E-state index in [4.69, 9.17) is 9.98 Å². The summed E-state index contributed by atoms with van der Waals surface area (Å²) in [6.45, 7) is 9.23. The summed E-state index contributed by atoms with van der Waals surface area (Å²) in [7, 11) is 0. The molecule has 2 aromatic carbocycles. The highest BCUT2D eigenvalue weighted by Crippen LogP contribution is 2.27. The monoisotopic (exact) mass is 1130 g/mol. The number of benzene rings is 2. The summed E-state index contributed by atoms with van der Waals surface area (Å²) in [4.78, 5) is 11.0. The van der Waals surface area contributed by atoms with E-state index in [-0.39, 0.29) is 0 Å². The van der Waals surface area contributed by atoms with Crippen LogP contribution >= 0.6 is 0 Å². The van der Waals surface area contributed by atoms with Crippen LogP contribution in [0.3, 0.4) is 0 Å². The van der Waals surface area contributed by atoms with E-state index in [0.29, 0.717) is 0 Å². The van der Waals surface area contributed by atoms with E-state index in [0.717, 1.165) is 75.6 Å². The van der Waals surface area contributed by atoms with Crippen molar-refractivity contribution in [3.05, 3.63) is 84.0 Å². The Bertz CT molecular complexity index is 1620. The van der Waals surface area contributed by atoms with Gasteiger partial charge in [-0.25, -0.2) is 0 Å². The predicted molar refractivity (Wildman–Crippen MR) is 374 cm³/mol. The van der Waals surface area contributed by atoms with Crippen LogP contribution in [0, 0.1) is 0 Å². The van der Waals surface area contributed by atoms with Crippen LogP contribution in [0.2, 0.25) is 0 Å². The molecular weight excluding hydrogens is 989 g/mol. The van der Waals surface area contributed by atoms with Crippen LogP contribution in [-0.4, -0.2) is 11.4 Å². The van der Waals surface area contributed by atoms with Gasteiger partial charge in [0, 0.05) is 0 Å². The Hall–Kier alpha value is -2.74. The Balaban J connectivity index is 1.62. The molecule has 0 heterocycles. The molecule has 0 aliphatic carbocycles. The second-order valence-electron chi connectivity index (χ2n) is 25.7. The van der Waals surface area contributed by atoms with Gasteiger partial charge in [-0.15, -0.1) is 0 Å². The van der Waals surface area contributed by atoms with Crippen molar-refractivity contribution >= 4 is 22.8 Å².